The monoisotopic (exact) mass is 488 g/mol. The molecule has 0 aromatic heterocycles. The van der Waals surface area contributed by atoms with Gasteiger partial charge in [0.25, 0.3) is 0 Å². The molecule has 10 aliphatic rings. The molecule has 4 nitrogen and oxygen atoms in total. The van der Waals surface area contributed by atoms with E-state index < -0.39 is 23.5 Å². The molecule has 5 unspecified atom stereocenters. The van der Waals surface area contributed by atoms with E-state index in [2.05, 4.69) is 11.4 Å². The van der Waals surface area contributed by atoms with Crippen molar-refractivity contribution in [3.8, 4) is 6.07 Å². The van der Waals surface area contributed by atoms with Crippen molar-refractivity contribution in [3.05, 3.63) is 29.8 Å². The van der Waals surface area contributed by atoms with E-state index in [1.165, 1.54) is 24.3 Å². The molecule has 31 heavy (non-hydrogen) atoms. The van der Waals surface area contributed by atoms with Gasteiger partial charge in [-0.05, 0) is 0 Å². The first kappa shape index (κ1) is 15.6. The topological polar surface area (TPSA) is 62.1 Å². The zero-order chi connectivity index (χ0) is 21.1. The normalized spacial score (nSPS) is 72.8. The molecule has 0 aliphatic carbocycles. The predicted molar refractivity (Wildman–Crippen MR) is 102 cm³/mol. The zero-order valence-electron chi connectivity index (χ0n) is 16.4. The fourth-order valence-electron chi connectivity index (χ4n) is 17.8. The molecule has 10 heterocycles. The Morgan fingerprint density at radius 3 is 2.06 bits per heavy atom. The Kier molecular flexibility index (Phi) is 0.982. The molecule has 9 heteroatoms. The fourth-order valence-corrected chi connectivity index (χ4v) is 90.9. The molecule has 0 radical (unpaired) electrons. The molecule has 0 saturated carbocycles. The number of fused-ring (bicyclic) bond motifs is 10. The summed E-state index contributed by atoms with van der Waals surface area (Å²) in [5.74, 6) is -0.457. The molecular formula is C22H19F3FeN2O2S. The summed E-state index contributed by atoms with van der Waals surface area (Å²) in [5, 5.41) is 12.6. The number of nitrogens with zero attached hydrogens (tertiary/aromatic N) is 1. The van der Waals surface area contributed by atoms with Crippen molar-refractivity contribution >= 4 is 17.7 Å². The third-order valence-corrected chi connectivity index (χ3v) is 59.7. The van der Waals surface area contributed by atoms with Crippen LogP contribution in [0, 0.1) is 11.3 Å². The third-order valence-electron chi connectivity index (χ3n) is 17.1. The molecule has 1 spiro atoms. The van der Waals surface area contributed by atoms with Gasteiger partial charge in [0.1, 0.15) is 0 Å². The summed E-state index contributed by atoms with van der Waals surface area (Å²) in [6, 6.07) is 7.53. The molecule has 0 bridgehead atoms. The van der Waals surface area contributed by atoms with E-state index in [0.29, 0.717) is 0 Å². The maximum absolute atomic E-state index is 12.7. The van der Waals surface area contributed by atoms with Gasteiger partial charge in [-0.2, -0.15) is 13.2 Å². The Hall–Kier alpha value is -1.20. The van der Waals surface area contributed by atoms with Crippen molar-refractivity contribution in [1.82, 2.24) is 5.32 Å². The van der Waals surface area contributed by atoms with E-state index in [4.69, 9.17) is 4.74 Å². The molecule has 1 N–H and O–H groups in total. The number of carbonyl (C=O) groups is 1. The Bertz CT molecular complexity index is 1540. The molecule has 11 rings (SSSR count). The minimum absolute atomic E-state index is 0.0257. The quantitative estimate of drug-likeness (QED) is 0.417. The molecule has 1 amide bonds. The summed E-state index contributed by atoms with van der Waals surface area (Å²) in [6.07, 6.45) is 0. The van der Waals surface area contributed by atoms with Crippen LogP contribution in [0.15, 0.2) is 29.2 Å². The minimum atomic E-state index is -4.37. The molecule has 10 aliphatic heterocycles. The maximum atomic E-state index is 12.7. The molecule has 164 valence electrons. The van der Waals surface area contributed by atoms with Crippen LogP contribution in [0.25, 0.3) is 0 Å². The molecule has 10 fully saturated rings. The summed E-state index contributed by atoms with van der Waals surface area (Å²) in [6.45, 7) is -1.47. The molecule has 1 aromatic rings. The van der Waals surface area contributed by atoms with E-state index >= 15 is 0 Å². The second kappa shape index (κ2) is 1.95. The number of benzene rings is 1. The second-order valence-corrected chi connectivity index (χ2v) is 38.5. The standard InChI is InChI=1S/C17H14F3N2O2S.C5H5.Fe/c1-16(10-21,11-24-13-4-2-3-5-13)22-15(23)12-6-8-14(9-7-12)25-17(18,19)20;1-2-4-5-3-1;/h2-9H,11H2,1H3,(H,22,23);1-5H;. The van der Waals surface area contributed by atoms with Gasteiger partial charge in [0.05, 0.1) is 0 Å². The molecule has 5 atom stereocenters. The number of nitrogens with one attached hydrogen (secondary N) is 1. The number of halogens is 3. The van der Waals surface area contributed by atoms with Crippen molar-refractivity contribution in [2.75, 3.05) is 6.61 Å². The van der Waals surface area contributed by atoms with Crippen LogP contribution in [0.1, 0.15) is 17.3 Å². The van der Waals surface area contributed by atoms with Gasteiger partial charge in [-0.1, -0.05) is 0 Å². The molecule has 10 saturated heterocycles. The van der Waals surface area contributed by atoms with Gasteiger partial charge in [0.2, 0.25) is 0 Å². The molecule has 1 aromatic carbocycles. The number of alkyl halides is 3. The summed E-state index contributed by atoms with van der Waals surface area (Å²) in [5.41, 5.74) is -5.27. The van der Waals surface area contributed by atoms with Crippen LogP contribution in [-0.2, 0) is 11.2 Å². The number of hydrogen-bond acceptors (Lipinski definition) is 4. The number of rotatable bonds is 6. The van der Waals surface area contributed by atoms with Crippen molar-refractivity contribution in [2.24, 2.45) is 0 Å². The molecular weight excluding hydrogens is 469 g/mol. The third kappa shape index (κ3) is 0.342. The van der Waals surface area contributed by atoms with Crippen LogP contribution in [0.3, 0.4) is 0 Å². The van der Waals surface area contributed by atoms with Crippen molar-refractivity contribution < 1.29 is 29.2 Å². The van der Waals surface area contributed by atoms with Gasteiger partial charge < -0.3 is 0 Å². The van der Waals surface area contributed by atoms with Crippen LogP contribution < -0.4 is 5.32 Å². The number of thioether (sulfide) groups is 1. The van der Waals surface area contributed by atoms with E-state index in [0.717, 1.165) is 43.3 Å². The van der Waals surface area contributed by atoms with Crippen LogP contribution in [0.5, 0.6) is 0 Å². The number of hydrogen-bond donors (Lipinski definition) is 1. The van der Waals surface area contributed by atoms with E-state index in [1.807, 2.05) is 0 Å². The van der Waals surface area contributed by atoms with Gasteiger partial charge in [-0.25, -0.2) is 0 Å². The van der Waals surface area contributed by atoms with Crippen molar-refractivity contribution in [3.63, 3.8) is 0 Å². The van der Waals surface area contributed by atoms with Crippen molar-refractivity contribution in [2.45, 2.75) is 70.7 Å². The van der Waals surface area contributed by atoms with Gasteiger partial charge >= 0.3 is 158 Å². The van der Waals surface area contributed by atoms with Crippen LogP contribution >= 0.6 is 11.8 Å². The predicted octanol–water partition coefficient (Wildman–Crippen LogP) is 5.62. The first-order chi connectivity index (χ1) is 14.4. The zero-order valence-corrected chi connectivity index (χ0v) is 18.3. The van der Waals surface area contributed by atoms with Gasteiger partial charge in [-0.15, -0.1) is 0 Å². The number of ether oxygens (including phenoxy) is 1. The Labute approximate surface area is 170 Å². The van der Waals surface area contributed by atoms with Gasteiger partial charge in [-0.3, -0.25) is 0 Å². The summed E-state index contributed by atoms with van der Waals surface area (Å²) in [4.78, 5) is 22.6. The average molecular weight is 488 g/mol. The van der Waals surface area contributed by atoms with E-state index in [-0.39, 0.29) is 33.3 Å². The van der Waals surface area contributed by atoms with Gasteiger partial charge in [0.15, 0.2) is 0 Å². The number of carbonyl (C=O) groups excluding carboxylic acids is 1. The Balaban J connectivity index is 0.870. The summed E-state index contributed by atoms with van der Waals surface area (Å²) < 4.78 is 44.6. The number of nitriles is 1. The fraction of sp³-hybridized carbons (Fsp3) is 0.636. The van der Waals surface area contributed by atoms with Crippen LogP contribution in [0.2, 0.25) is 43.3 Å². The average Bonchev–Trinajstić information content (AvgIpc) is 3.65. The first-order valence-corrected chi connectivity index (χ1v) is 17.9. The Morgan fingerprint density at radius 1 is 1.13 bits per heavy atom. The van der Waals surface area contributed by atoms with E-state index in [1.54, 1.807) is 6.92 Å². The van der Waals surface area contributed by atoms with E-state index in [9.17, 15) is 23.2 Å². The second-order valence-electron chi connectivity index (χ2n) is 13.9. The SMILES string of the molecule is CC(C#N)(CO[C]12[CH]3[CH]4[CH]5[CH]1[Fe]45321678[CH]2[CH]1[CH]6[CH]7[CH]28)NC(=O)c1ccc(SC(F)(F)F)cc1. The summed E-state index contributed by atoms with van der Waals surface area (Å²) >= 11 is -0.213. The number of amides is 1. The first-order valence-electron chi connectivity index (χ1n) is 10.8. The van der Waals surface area contributed by atoms with Crippen LogP contribution in [0.4, 0.5) is 13.2 Å². The summed E-state index contributed by atoms with van der Waals surface area (Å²) in [7, 11) is 0. The van der Waals surface area contributed by atoms with Gasteiger partial charge in [0, 0.05) is 0 Å². The van der Waals surface area contributed by atoms with Crippen molar-refractivity contribution in [1.29, 1.82) is 5.26 Å². The Morgan fingerprint density at radius 2 is 1.68 bits per heavy atom. The van der Waals surface area contributed by atoms with Crippen LogP contribution in [-0.4, -0.2) is 28.1 Å².